The summed E-state index contributed by atoms with van der Waals surface area (Å²) in [5.74, 6) is -3.49. The Bertz CT molecular complexity index is 339. The summed E-state index contributed by atoms with van der Waals surface area (Å²) in [6.45, 7) is 0.752. The highest BCUT2D eigenvalue weighted by atomic mass is 16.4. The molecule has 1 atom stereocenters. The average Bonchev–Trinajstić information content (AvgIpc) is 2.13. The molecule has 8 nitrogen and oxygen atoms in total. The van der Waals surface area contributed by atoms with Crippen LogP contribution in [0.2, 0.25) is 0 Å². The van der Waals surface area contributed by atoms with Crippen LogP contribution < -0.4 is 11.5 Å². The van der Waals surface area contributed by atoms with Gasteiger partial charge in [0.05, 0.1) is 13.1 Å². The third-order valence-corrected chi connectivity index (χ3v) is 2.09. The van der Waals surface area contributed by atoms with Crippen LogP contribution in [0.1, 0.15) is 19.8 Å². The van der Waals surface area contributed by atoms with Crippen molar-refractivity contribution < 1.29 is 24.3 Å². The molecule has 0 fully saturated rings. The first kappa shape index (κ1) is 15.9. The topological polar surface area (TPSA) is 144 Å². The van der Waals surface area contributed by atoms with E-state index >= 15 is 0 Å². The van der Waals surface area contributed by atoms with Crippen LogP contribution in [0.4, 0.5) is 0 Å². The predicted octanol–water partition coefficient (Wildman–Crippen LogP) is -1.71. The minimum Gasteiger partial charge on any atom is -0.481 e. The minimum atomic E-state index is -1.02. The molecule has 18 heavy (non-hydrogen) atoms. The first-order valence-electron chi connectivity index (χ1n) is 5.28. The number of nitrogens with two attached hydrogens (primary N) is 2. The van der Waals surface area contributed by atoms with Gasteiger partial charge in [0.25, 0.3) is 0 Å². The van der Waals surface area contributed by atoms with Gasteiger partial charge in [-0.25, -0.2) is 0 Å². The molecule has 102 valence electrons. The van der Waals surface area contributed by atoms with Gasteiger partial charge in [0.2, 0.25) is 17.7 Å². The second kappa shape index (κ2) is 7.25. The zero-order valence-electron chi connectivity index (χ0n) is 10.1. The lowest BCUT2D eigenvalue weighted by Gasteiger charge is -2.20. The smallest absolute Gasteiger partial charge is 0.303 e. The molecule has 0 spiro atoms. The van der Waals surface area contributed by atoms with Crippen LogP contribution in [0.15, 0.2) is 0 Å². The number of rotatable bonds is 8. The van der Waals surface area contributed by atoms with Crippen molar-refractivity contribution in [3.63, 3.8) is 0 Å². The molecular weight excluding hydrogens is 242 g/mol. The van der Waals surface area contributed by atoms with Crippen LogP contribution >= 0.6 is 0 Å². The highest BCUT2D eigenvalue weighted by Crippen LogP contribution is 2.09. The second-order valence-corrected chi connectivity index (χ2v) is 4.09. The number of primary amides is 2. The van der Waals surface area contributed by atoms with Crippen molar-refractivity contribution in [3.05, 3.63) is 0 Å². The molecule has 5 N–H and O–H groups in total. The van der Waals surface area contributed by atoms with Gasteiger partial charge in [-0.3, -0.25) is 19.2 Å². The van der Waals surface area contributed by atoms with Gasteiger partial charge in [0.1, 0.15) is 0 Å². The van der Waals surface area contributed by atoms with E-state index in [1.165, 1.54) is 0 Å². The van der Waals surface area contributed by atoms with Gasteiger partial charge >= 0.3 is 5.97 Å². The van der Waals surface area contributed by atoms with E-state index in [0.29, 0.717) is 0 Å². The highest BCUT2D eigenvalue weighted by molar-refractivity contribution is 5.88. The molecule has 0 aromatic carbocycles. The van der Waals surface area contributed by atoms with Crippen LogP contribution in [0, 0.1) is 5.92 Å². The summed E-state index contributed by atoms with van der Waals surface area (Å²) in [6.07, 6.45) is -0.264. The number of aliphatic carboxylic acids is 1. The lowest BCUT2D eigenvalue weighted by Crippen LogP contribution is -2.43. The maximum Gasteiger partial charge on any atom is 0.303 e. The van der Waals surface area contributed by atoms with E-state index in [1.54, 1.807) is 6.92 Å². The maximum absolute atomic E-state index is 11.7. The van der Waals surface area contributed by atoms with E-state index in [9.17, 15) is 19.2 Å². The van der Waals surface area contributed by atoms with Crippen molar-refractivity contribution in [1.82, 2.24) is 4.90 Å². The standard InChI is InChI=1S/C10H17N3O5/c1-6(3-10(17)18)2-9(16)13(4-7(11)14)5-8(12)15/h6H,2-5H2,1H3,(H2,11,14)(H2,12,15)(H,17,18). The Kier molecular flexibility index (Phi) is 6.40. The molecule has 0 aromatic heterocycles. The van der Waals surface area contributed by atoms with Crippen molar-refractivity contribution >= 4 is 23.7 Å². The molecule has 0 radical (unpaired) electrons. The van der Waals surface area contributed by atoms with Gasteiger partial charge in [0, 0.05) is 12.8 Å². The van der Waals surface area contributed by atoms with Crippen LogP contribution in [-0.2, 0) is 19.2 Å². The number of carboxylic acid groups (broad SMARTS) is 1. The van der Waals surface area contributed by atoms with Crippen molar-refractivity contribution in [1.29, 1.82) is 0 Å². The van der Waals surface area contributed by atoms with Gasteiger partial charge in [-0.2, -0.15) is 0 Å². The van der Waals surface area contributed by atoms with Gasteiger partial charge in [-0.1, -0.05) is 6.92 Å². The first-order valence-corrected chi connectivity index (χ1v) is 5.28. The predicted molar refractivity (Wildman–Crippen MR) is 61.0 cm³/mol. The number of nitrogens with zero attached hydrogens (tertiary/aromatic N) is 1. The van der Waals surface area contributed by atoms with E-state index in [2.05, 4.69) is 0 Å². The monoisotopic (exact) mass is 259 g/mol. The van der Waals surface area contributed by atoms with Crippen molar-refractivity contribution in [2.75, 3.05) is 13.1 Å². The molecule has 0 bridgehead atoms. The van der Waals surface area contributed by atoms with Crippen LogP contribution in [0.3, 0.4) is 0 Å². The second-order valence-electron chi connectivity index (χ2n) is 4.09. The van der Waals surface area contributed by atoms with Crippen molar-refractivity contribution in [2.45, 2.75) is 19.8 Å². The third kappa shape index (κ3) is 7.20. The SMILES string of the molecule is CC(CC(=O)O)CC(=O)N(CC(N)=O)CC(N)=O. The lowest BCUT2D eigenvalue weighted by atomic mass is 10.0. The van der Waals surface area contributed by atoms with E-state index in [4.69, 9.17) is 16.6 Å². The summed E-state index contributed by atoms with van der Waals surface area (Å²) < 4.78 is 0. The average molecular weight is 259 g/mol. The molecule has 0 rings (SSSR count). The van der Waals surface area contributed by atoms with Gasteiger partial charge in [-0.15, -0.1) is 0 Å². The fourth-order valence-electron chi connectivity index (χ4n) is 1.41. The summed E-state index contributed by atoms with van der Waals surface area (Å²) in [7, 11) is 0. The zero-order chi connectivity index (χ0) is 14.3. The Balaban J connectivity index is 4.49. The highest BCUT2D eigenvalue weighted by Gasteiger charge is 2.21. The molecule has 0 aliphatic heterocycles. The van der Waals surface area contributed by atoms with Crippen LogP contribution in [0.5, 0.6) is 0 Å². The summed E-state index contributed by atoms with van der Waals surface area (Å²) >= 11 is 0. The Morgan fingerprint density at radius 2 is 1.50 bits per heavy atom. The van der Waals surface area contributed by atoms with Crippen molar-refractivity contribution in [3.8, 4) is 0 Å². The lowest BCUT2D eigenvalue weighted by molar-refractivity contribution is -0.141. The summed E-state index contributed by atoms with van der Waals surface area (Å²) in [6, 6.07) is 0. The first-order chi connectivity index (χ1) is 8.22. The normalized spacial score (nSPS) is 11.6. The Morgan fingerprint density at radius 3 is 1.83 bits per heavy atom. The number of carboxylic acids is 1. The summed E-state index contributed by atoms with van der Waals surface area (Å²) in [5, 5.41) is 8.55. The van der Waals surface area contributed by atoms with Crippen LogP contribution in [0.25, 0.3) is 0 Å². The number of hydrogen-bond donors (Lipinski definition) is 3. The van der Waals surface area contributed by atoms with Crippen molar-refractivity contribution in [2.24, 2.45) is 17.4 Å². The molecule has 0 aromatic rings. The molecule has 0 saturated carbocycles. The molecule has 0 saturated heterocycles. The fraction of sp³-hybridized carbons (Fsp3) is 0.600. The van der Waals surface area contributed by atoms with E-state index < -0.39 is 42.7 Å². The van der Waals surface area contributed by atoms with Gasteiger partial charge < -0.3 is 21.5 Å². The van der Waals surface area contributed by atoms with Gasteiger partial charge in [-0.05, 0) is 5.92 Å². The maximum atomic E-state index is 11.7. The third-order valence-electron chi connectivity index (χ3n) is 2.09. The van der Waals surface area contributed by atoms with E-state index in [0.717, 1.165) is 4.90 Å². The number of hydrogen-bond acceptors (Lipinski definition) is 4. The Morgan fingerprint density at radius 1 is 1.06 bits per heavy atom. The fourth-order valence-corrected chi connectivity index (χ4v) is 1.41. The summed E-state index contributed by atoms with van der Waals surface area (Å²) in [4.78, 5) is 44.6. The number of amides is 3. The van der Waals surface area contributed by atoms with E-state index in [-0.39, 0.29) is 12.8 Å². The van der Waals surface area contributed by atoms with Crippen LogP contribution in [-0.4, -0.2) is 46.8 Å². The number of carbonyl (C=O) groups excluding carboxylic acids is 3. The Hall–Kier alpha value is -2.12. The molecule has 0 aliphatic carbocycles. The van der Waals surface area contributed by atoms with Gasteiger partial charge in [0.15, 0.2) is 0 Å². The van der Waals surface area contributed by atoms with E-state index in [1.807, 2.05) is 0 Å². The summed E-state index contributed by atoms with van der Waals surface area (Å²) in [5.41, 5.74) is 9.88. The quantitative estimate of drug-likeness (QED) is 0.475. The molecule has 8 heteroatoms. The molecule has 0 aliphatic rings. The largest absolute Gasteiger partial charge is 0.481 e. The number of carbonyl (C=O) groups is 4. The molecule has 1 unspecified atom stereocenters. The minimum absolute atomic E-state index is 0.0904. The molecule has 0 heterocycles. The zero-order valence-corrected chi connectivity index (χ0v) is 10.1. The Labute approximate surface area is 104 Å². The molecular formula is C10H17N3O5. The molecule has 3 amide bonds.